The van der Waals surface area contributed by atoms with Gasteiger partial charge in [-0.2, -0.15) is 0 Å². The standard InChI is InChI=1S/C24H27NO3/c1-28-24(27)13-3-2-8-16-25-23(26)17-19-15-14-18-9-4-5-10-20(18)22-12-7-6-11-21(19)22/h4,6-7,9,11-12,14-15,17H,2-3,5,8,10,13,16H2,1H3,(H,25,26). The predicted octanol–water partition coefficient (Wildman–Crippen LogP) is 4.59. The molecule has 0 unspecified atom stereocenters. The Morgan fingerprint density at radius 3 is 2.71 bits per heavy atom. The van der Waals surface area contributed by atoms with Gasteiger partial charge in [0.1, 0.15) is 0 Å². The zero-order valence-electron chi connectivity index (χ0n) is 16.4. The first-order valence-corrected chi connectivity index (χ1v) is 9.93. The van der Waals surface area contributed by atoms with Crippen molar-refractivity contribution in [2.45, 2.75) is 38.5 Å². The number of allylic oxidation sites excluding steroid dienone is 7. The number of esters is 1. The predicted molar refractivity (Wildman–Crippen MR) is 112 cm³/mol. The van der Waals surface area contributed by atoms with Gasteiger partial charge in [0.05, 0.1) is 7.11 Å². The van der Waals surface area contributed by atoms with E-state index in [2.05, 4.69) is 46.5 Å². The van der Waals surface area contributed by atoms with Crippen molar-refractivity contribution in [1.29, 1.82) is 0 Å². The Labute approximate surface area is 166 Å². The molecular weight excluding hydrogens is 350 g/mol. The smallest absolute Gasteiger partial charge is 0.305 e. The highest BCUT2D eigenvalue weighted by molar-refractivity contribution is 6.00. The largest absolute Gasteiger partial charge is 0.469 e. The van der Waals surface area contributed by atoms with Crippen LogP contribution in [0.2, 0.25) is 0 Å². The first kappa shape index (κ1) is 19.9. The molecule has 1 N–H and O–H groups in total. The summed E-state index contributed by atoms with van der Waals surface area (Å²) >= 11 is 0. The maximum absolute atomic E-state index is 12.4. The van der Waals surface area contributed by atoms with E-state index in [1.807, 2.05) is 12.1 Å². The molecule has 1 aromatic rings. The van der Waals surface area contributed by atoms with Crippen LogP contribution in [-0.2, 0) is 14.3 Å². The van der Waals surface area contributed by atoms with Crippen molar-refractivity contribution >= 4 is 23.0 Å². The Bertz CT molecular complexity index is 858. The van der Waals surface area contributed by atoms with Crippen molar-refractivity contribution in [3.63, 3.8) is 0 Å². The molecule has 2 aliphatic carbocycles. The van der Waals surface area contributed by atoms with E-state index in [4.69, 9.17) is 0 Å². The van der Waals surface area contributed by atoms with E-state index in [-0.39, 0.29) is 11.9 Å². The molecule has 0 saturated carbocycles. The van der Waals surface area contributed by atoms with Crippen molar-refractivity contribution < 1.29 is 14.3 Å². The molecule has 4 nitrogen and oxygen atoms in total. The molecule has 0 bridgehead atoms. The number of hydrogen-bond donors (Lipinski definition) is 1. The van der Waals surface area contributed by atoms with Crippen LogP contribution in [0.1, 0.15) is 49.7 Å². The topological polar surface area (TPSA) is 55.4 Å². The summed E-state index contributed by atoms with van der Waals surface area (Å²) in [6, 6.07) is 8.30. The molecular formula is C24H27NO3. The summed E-state index contributed by atoms with van der Waals surface area (Å²) in [5.74, 6) is -0.267. The van der Waals surface area contributed by atoms with Crippen molar-refractivity contribution in [1.82, 2.24) is 5.32 Å². The number of carbonyl (C=O) groups excluding carboxylic acids is 2. The summed E-state index contributed by atoms with van der Waals surface area (Å²) in [7, 11) is 1.40. The number of ether oxygens (including phenoxy) is 1. The fraction of sp³-hybridized carbons (Fsp3) is 0.333. The van der Waals surface area contributed by atoms with Gasteiger partial charge in [-0.25, -0.2) is 0 Å². The highest BCUT2D eigenvalue weighted by Crippen LogP contribution is 2.37. The number of amides is 1. The minimum atomic E-state index is -0.182. The number of rotatable bonds is 7. The van der Waals surface area contributed by atoms with Crippen LogP contribution in [0.3, 0.4) is 0 Å². The number of unbranched alkanes of at least 4 members (excludes halogenated alkanes) is 2. The van der Waals surface area contributed by atoms with Gasteiger partial charge in [-0.05, 0) is 53.5 Å². The maximum atomic E-state index is 12.4. The second-order valence-electron chi connectivity index (χ2n) is 7.03. The molecule has 1 amide bonds. The van der Waals surface area contributed by atoms with Crippen molar-refractivity contribution in [3.8, 4) is 0 Å². The average Bonchev–Trinajstić information content (AvgIpc) is 2.88. The molecule has 4 heteroatoms. The Kier molecular flexibility index (Phi) is 7.01. The summed E-state index contributed by atoms with van der Waals surface area (Å²) < 4.78 is 4.62. The van der Waals surface area contributed by atoms with E-state index in [1.54, 1.807) is 6.08 Å². The fourth-order valence-electron chi connectivity index (χ4n) is 3.60. The normalized spacial score (nSPS) is 16.4. The maximum Gasteiger partial charge on any atom is 0.305 e. The Hall–Kier alpha value is -2.88. The van der Waals surface area contributed by atoms with E-state index >= 15 is 0 Å². The Morgan fingerprint density at radius 1 is 1.07 bits per heavy atom. The third-order valence-electron chi connectivity index (χ3n) is 5.08. The van der Waals surface area contributed by atoms with Gasteiger partial charge in [-0.1, -0.05) is 55.0 Å². The number of benzene rings is 1. The van der Waals surface area contributed by atoms with Crippen molar-refractivity contribution in [3.05, 3.63) is 71.3 Å². The molecule has 0 atom stereocenters. The lowest BCUT2D eigenvalue weighted by molar-refractivity contribution is -0.140. The summed E-state index contributed by atoms with van der Waals surface area (Å²) in [4.78, 5) is 23.5. The van der Waals surface area contributed by atoms with Gasteiger partial charge in [0, 0.05) is 19.0 Å². The number of methoxy groups -OCH3 is 1. The van der Waals surface area contributed by atoms with Gasteiger partial charge in [0.2, 0.25) is 5.91 Å². The summed E-state index contributed by atoms with van der Waals surface area (Å²) in [5.41, 5.74) is 5.83. The summed E-state index contributed by atoms with van der Waals surface area (Å²) in [6.45, 7) is 0.604. The first-order valence-electron chi connectivity index (χ1n) is 9.93. The van der Waals surface area contributed by atoms with Gasteiger partial charge in [0.25, 0.3) is 0 Å². The molecule has 146 valence electrons. The minimum Gasteiger partial charge on any atom is -0.469 e. The third-order valence-corrected chi connectivity index (χ3v) is 5.08. The number of carbonyl (C=O) groups is 2. The van der Waals surface area contributed by atoms with Crippen LogP contribution >= 0.6 is 0 Å². The van der Waals surface area contributed by atoms with Crippen LogP contribution in [0.5, 0.6) is 0 Å². The van der Waals surface area contributed by atoms with Gasteiger partial charge >= 0.3 is 5.97 Å². The Morgan fingerprint density at radius 2 is 1.89 bits per heavy atom. The van der Waals surface area contributed by atoms with E-state index in [1.165, 1.54) is 23.8 Å². The monoisotopic (exact) mass is 377 g/mol. The average molecular weight is 377 g/mol. The molecule has 28 heavy (non-hydrogen) atoms. The van der Waals surface area contributed by atoms with Crippen LogP contribution in [0.15, 0.2) is 60.2 Å². The van der Waals surface area contributed by atoms with Gasteiger partial charge in [-0.15, -0.1) is 0 Å². The lowest BCUT2D eigenvalue weighted by Crippen LogP contribution is -2.22. The van der Waals surface area contributed by atoms with Gasteiger partial charge in [-0.3, -0.25) is 9.59 Å². The van der Waals surface area contributed by atoms with E-state index < -0.39 is 0 Å². The molecule has 0 saturated heterocycles. The molecule has 2 aliphatic rings. The highest BCUT2D eigenvalue weighted by Gasteiger charge is 2.17. The minimum absolute atomic E-state index is 0.0853. The molecule has 0 spiro atoms. The van der Waals surface area contributed by atoms with Gasteiger partial charge in [0.15, 0.2) is 0 Å². The van der Waals surface area contributed by atoms with Crippen molar-refractivity contribution in [2.24, 2.45) is 0 Å². The lowest BCUT2D eigenvalue weighted by Gasteiger charge is -2.15. The number of fused-ring (bicyclic) bond motifs is 2. The molecule has 0 heterocycles. The second-order valence-corrected chi connectivity index (χ2v) is 7.03. The molecule has 1 aromatic carbocycles. The van der Waals surface area contributed by atoms with Crippen LogP contribution in [0.4, 0.5) is 0 Å². The third kappa shape index (κ3) is 5.10. The summed E-state index contributed by atoms with van der Waals surface area (Å²) in [6.07, 6.45) is 15.2. The zero-order valence-corrected chi connectivity index (χ0v) is 16.4. The van der Waals surface area contributed by atoms with Crippen molar-refractivity contribution in [2.75, 3.05) is 13.7 Å². The quantitative estimate of drug-likeness (QED) is 0.429. The first-order chi connectivity index (χ1) is 13.7. The SMILES string of the molecule is COC(=O)CCCCCNC(=O)C=C1C=CC2=C(CCC=C2)c2ccccc21. The van der Waals surface area contributed by atoms with Crippen LogP contribution in [0.25, 0.3) is 11.1 Å². The molecule has 0 aliphatic heterocycles. The van der Waals surface area contributed by atoms with Crippen LogP contribution < -0.4 is 5.32 Å². The second kappa shape index (κ2) is 9.88. The van der Waals surface area contributed by atoms with Gasteiger partial charge < -0.3 is 10.1 Å². The lowest BCUT2D eigenvalue weighted by atomic mass is 9.89. The molecule has 0 aromatic heterocycles. The highest BCUT2D eigenvalue weighted by atomic mass is 16.5. The molecule has 3 rings (SSSR count). The molecule has 0 radical (unpaired) electrons. The zero-order chi connectivity index (χ0) is 19.8. The summed E-state index contributed by atoms with van der Waals surface area (Å²) in [5, 5.41) is 2.95. The fourth-order valence-corrected chi connectivity index (χ4v) is 3.60. The van der Waals surface area contributed by atoms with E-state index in [0.717, 1.165) is 43.2 Å². The van der Waals surface area contributed by atoms with Crippen LogP contribution in [0, 0.1) is 0 Å². The van der Waals surface area contributed by atoms with E-state index in [9.17, 15) is 9.59 Å². The molecule has 0 fully saturated rings. The number of hydrogen-bond acceptors (Lipinski definition) is 3. The number of nitrogens with one attached hydrogen (secondary N) is 1. The van der Waals surface area contributed by atoms with E-state index in [0.29, 0.717) is 13.0 Å². The Balaban J connectivity index is 1.62. The van der Waals surface area contributed by atoms with Crippen LogP contribution in [-0.4, -0.2) is 25.5 Å².